The summed E-state index contributed by atoms with van der Waals surface area (Å²) in [4.78, 5) is 15.7. The minimum Gasteiger partial charge on any atom is -0.488 e. The fraction of sp³-hybridized carbons (Fsp3) is 0.250. The van der Waals surface area contributed by atoms with Gasteiger partial charge in [0.15, 0.2) is 11.6 Å². The van der Waals surface area contributed by atoms with Gasteiger partial charge < -0.3 is 10.1 Å². The molecule has 2 rings (SSSR count). The number of hydrogen-bond acceptors (Lipinski definition) is 3. The zero-order valence-corrected chi connectivity index (χ0v) is 12.0. The highest BCUT2D eigenvalue weighted by Gasteiger charge is 2.08. The van der Waals surface area contributed by atoms with E-state index >= 15 is 0 Å². The lowest BCUT2D eigenvalue weighted by Gasteiger charge is -2.11. The van der Waals surface area contributed by atoms with E-state index in [0.29, 0.717) is 11.1 Å². The molecule has 0 saturated heterocycles. The van der Waals surface area contributed by atoms with Gasteiger partial charge in [-0.15, -0.1) is 0 Å². The van der Waals surface area contributed by atoms with E-state index in [-0.39, 0.29) is 24.3 Å². The van der Waals surface area contributed by atoms with Gasteiger partial charge in [-0.2, -0.15) is 0 Å². The van der Waals surface area contributed by atoms with Gasteiger partial charge >= 0.3 is 0 Å². The van der Waals surface area contributed by atoms with Gasteiger partial charge in [0.25, 0.3) is 5.91 Å². The molecule has 0 fully saturated rings. The number of ether oxygens (including phenoxy) is 1. The van der Waals surface area contributed by atoms with E-state index in [9.17, 15) is 9.18 Å². The molecular weight excluding hydrogens is 271 g/mol. The fourth-order valence-electron chi connectivity index (χ4n) is 1.79. The molecule has 1 aromatic heterocycles. The smallest absolute Gasteiger partial charge is 0.253 e. The number of hydrogen-bond donors (Lipinski definition) is 1. The number of amides is 1. The number of carbonyl (C=O) groups excluding carboxylic acids is 1. The van der Waals surface area contributed by atoms with Crippen molar-refractivity contribution in [2.75, 3.05) is 0 Å². The molecule has 110 valence electrons. The van der Waals surface area contributed by atoms with E-state index in [0.717, 1.165) is 0 Å². The molecule has 1 heterocycles. The molecule has 1 amide bonds. The lowest BCUT2D eigenvalue weighted by atomic mass is 10.2. The van der Waals surface area contributed by atoms with Crippen LogP contribution in [0.25, 0.3) is 0 Å². The van der Waals surface area contributed by atoms with Crippen LogP contribution < -0.4 is 10.1 Å². The average Bonchev–Trinajstić information content (AvgIpc) is 2.48. The Hall–Kier alpha value is -2.43. The minimum absolute atomic E-state index is 0.0874. The van der Waals surface area contributed by atoms with Crippen molar-refractivity contribution in [3.8, 4) is 5.75 Å². The third kappa shape index (κ3) is 4.27. The van der Waals surface area contributed by atoms with Crippen LogP contribution in [0, 0.1) is 5.82 Å². The molecule has 21 heavy (non-hydrogen) atoms. The summed E-state index contributed by atoms with van der Waals surface area (Å²) in [6.45, 7) is 3.91. The van der Waals surface area contributed by atoms with E-state index in [1.807, 2.05) is 13.8 Å². The number of pyridine rings is 1. The normalized spacial score (nSPS) is 10.5. The van der Waals surface area contributed by atoms with E-state index in [2.05, 4.69) is 10.3 Å². The first kappa shape index (κ1) is 15.0. The topological polar surface area (TPSA) is 51.2 Å². The Bertz CT molecular complexity index is 615. The number of nitrogens with zero attached hydrogens (tertiary/aromatic N) is 1. The monoisotopic (exact) mass is 288 g/mol. The standard InChI is InChI=1S/C16H17FN2O2/c1-11(2)21-15-6-5-12(8-14(15)17)9-19-16(20)13-4-3-7-18-10-13/h3-8,10-11H,9H2,1-2H3,(H,19,20). The molecule has 4 nitrogen and oxygen atoms in total. The zero-order valence-electron chi connectivity index (χ0n) is 12.0. The predicted molar refractivity (Wildman–Crippen MR) is 77.6 cm³/mol. The molecule has 0 aliphatic heterocycles. The van der Waals surface area contributed by atoms with Crippen molar-refractivity contribution in [1.29, 1.82) is 0 Å². The number of carbonyl (C=O) groups is 1. The number of aromatic nitrogens is 1. The van der Waals surface area contributed by atoms with Crippen molar-refractivity contribution >= 4 is 5.91 Å². The third-order valence-corrected chi connectivity index (χ3v) is 2.74. The summed E-state index contributed by atoms with van der Waals surface area (Å²) in [6, 6.07) is 8.02. The molecule has 0 unspecified atom stereocenters. The Morgan fingerprint density at radius 2 is 2.19 bits per heavy atom. The first-order chi connectivity index (χ1) is 10.1. The highest BCUT2D eigenvalue weighted by Crippen LogP contribution is 2.19. The summed E-state index contributed by atoms with van der Waals surface area (Å²) in [5.41, 5.74) is 1.14. The maximum atomic E-state index is 13.8. The molecule has 0 aliphatic carbocycles. The van der Waals surface area contributed by atoms with Gasteiger partial charge in [0.05, 0.1) is 11.7 Å². The molecule has 5 heteroatoms. The Labute approximate surface area is 123 Å². The van der Waals surface area contributed by atoms with Gasteiger partial charge in [-0.3, -0.25) is 9.78 Å². The lowest BCUT2D eigenvalue weighted by Crippen LogP contribution is -2.22. The maximum Gasteiger partial charge on any atom is 0.253 e. The van der Waals surface area contributed by atoms with Gasteiger partial charge in [0, 0.05) is 18.9 Å². The Balaban J connectivity index is 1.98. The van der Waals surface area contributed by atoms with Crippen molar-refractivity contribution in [2.45, 2.75) is 26.5 Å². The molecule has 0 bridgehead atoms. The maximum absolute atomic E-state index is 13.8. The van der Waals surface area contributed by atoms with Gasteiger partial charge in [-0.05, 0) is 43.7 Å². The summed E-state index contributed by atoms with van der Waals surface area (Å²) >= 11 is 0. The second kappa shape index (κ2) is 6.83. The number of halogens is 1. The van der Waals surface area contributed by atoms with Crippen molar-refractivity contribution in [3.05, 3.63) is 59.7 Å². The first-order valence-corrected chi connectivity index (χ1v) is 6.69. The lowest BCUT2D eigenvalue weighted by molar-refractivity contribution is 0.0950. The van der Waals surface area contributed by atoms with Crippen molar-refractivity contribution < 1.29 is 13.9 Å². The SMILES string of the molecule is CC(C)Oc1ccc(CNC(=O)c2cccnc2)cc1F. The molecule has 1 N–H and O–H groups in total. The summed E-state index contributed by atoms with van der Waals surface area (Å²) in [7, 11) is 0. The van der Waals surface area contributed by atoms with E-state index < -0.39 is 5.82 Å². The van der Waals surface area contributed by atoms with Crippen molar-refractivity contribution in [3.63, 3.8) is 0 Å². The average molecular weight is 288 g/mol. The van der Waals surface area contributed by atoms with Crippen molar-refractivity contribution in [1.82, 2.24) is 10.3 Å². The summed E-state index contributed by atoms with van der Waals surface area (Å²) in [5.74, 6) is -0.463. The molecule has 0 radical (unpaired) electrons. The van der Waals surface area contributed by atoms with Gasteiger partial charge in [0.2, 0.25) is 0 Å². The van der Waals surface area contributed by atoms with Crippen LogP contribution in [0.15, 0.2) is 42.7 Å². The molecule has 2 aromatic rings. The molecule has 0 saturated carbocycles. The highest BCUT2D eigenvalue weighted by atomic mass is 19.1. The van der Waals surface area contributed by atoms with Crippen LogP contribution in [0.2, 0.25) is 0 Å². The zero-order chi connectivity index (χ0) is 15.2. The second-order valence-corrected chi connectivity index (χ2v) is 4.86. The van der Waals surface area contributed by atoms with Crippen LogP contribution in [0.3, 0.4) is 0 Å². The summed E-state index contributed by atoms with van der Waals surface area (Å²) in [6.07, 6.45) is 2.99. The summed E-state index contributed by atoms with van der Waals surface area (Å²) in [5, 5.41) is 2.72. The number of nitrogens with one attached hydrogen (secondary N) is 1. The van der Waals surface area contributed by atoms with Crippen LogP contribution >= 0.6 is 0 Å². The Kier molecular flexibility index (Phi) is 4.87. The number of rotatable bonds is 5. The largest absolute Gasteiger partial charge is 0.488 e. The van der Waals surface area contributed by atoms with Gasteiger partial charge in [-0.25, -0.2) is 4.39 Å². The van der Waals surface area contributed by atoms with Crippen LogP contribution in [0.1, 0.15) is 29.8 Å². The van der Waals surface area contributed by atoms with E-state index in [1.54, 1.807) is 30.5 Å². The fourth-order valence-corrected chi connectivity index (χ4v) is 1.79. The van der Waals surface area contributed by atoms with E-state index in [1.165, 1.54) is 12.3 Å². The quantitative estimate of drug-likeness (QED) is 0.920. The minimum atomic E-state index is -0.433. The van der Waals surface area contributed by atoms with Gasteiger partial charge in [0.1, 0.15) is 0 Å². The first-order valence-electron chi connectivity index (χ1n) is 6.69. The Morgan fingerprint density at radius 1 is 1.38 bits per heavy atom. The molecule has 1 aromatic carbocycles. The highest BCUT2D eigenvalue weighted by molar-refractivity contribution is 5.93. The third-order valence-electron chi connectivity index (χ3n) is 2.74. The molecule has 0 aliphatic rings. The van der Waals surface area contributed by atoms with E-state index in [4.69, 9.17) is 4.74 Å². The van der Waals surface area contributed by atoms with Crippen molar-refractivity contribution in [2.24, 2.45) is 0 Å². The molecular formula is C16H17FN2O2. The van der Waals surface area contributed by atoms with Gasteiger partial charge in [-0.1, -0.05) is 6.07 Å². The number of benzene rings is 1. The Morgan fingerprint density at radius 3 is 2.81 bits per heavy atom. The molecule has 0 spiro atoms. The second-order valence-electron chi connectivity index (χ2n) is 4.86. The van der Waals surface area contributed by atoms with Crippen LogP contribution in [0.5, 0.6) is 5.75 Å². The van der Waals surface area contributed by atoms with Crippen LogP contribution in [-0.4, -0.2) is 17.0 Å². The predicted octanol–water partition coefficient (Wildman–Crippen LogP) is 2.94. The van der Waals surface area contributed by atoms with Crippen LogP contribution in [0.4, 0.5) is 4.39 Å². The summed E-state index contributed by atoms with van der Waals surface area (Å²) < 4.78 is 19.1. The molecule has 0 atom stereocenters. The van der Waals surface area contributed by atoms with Crippen LogP contribution in [-0.2, 0) is 6.54 Å².